The van der Waals surface area contributed by atoms with E-state index in [1.54, 1.807) is 0 Å². The number of nitrogens with one attached hydrogen (secondary N) is 1. The standard InChI is InChI=1S/C24H34N4O2/c1-2-23(29)20-4-3-5-22(18-20)28-16-14-27(15-17-28)13-11-19-6-8-21(9-7-19)26-24(30)10-12-25/h3-5,18-19,21H,2,6-11,13-17H2,1H3,(H,26,30)/t19-,21-. The minimum Gasteiger partial charge on any atom is -0.369 e. The van der Waals surface area contributed by atoms with Crippen molar-refractivity contribution in [1.82, 2.24) is 10.2 Å². The van der Waals surface area contributed by atoms with Crippen molar-refractivity contribution in [2.45, 2.75) is 57.9 Å². The Hall–Kier alpha value is -2.39. The van der Waals surface area contributed by atoms with Crippen molar-refractivity contribution in [2.75, 3.05) is 37.6 Å². The number of carbonyl (C=O) groups is 2. The lowest BCUT2D eigenvalue weighted by molar-refractivity contribution is -0.121. The van der Waals surface area contributed by atoms with Crippen LogP contribution in [0.3, 0.4) is 0 Å². The third kappa shape index (κ3) is 6.30. The molecule has 0 unspecified atom stereocenters. The molecule has 6 nitrogen and oxygen atoms in total. The molecule has 1 N–H and O–H groups in total. The van der Waals surface area contributed by atoms with Gasteiger partial charge in [-0.15, -0.1) is 0 Å². The fourth-order valence-electron chi connectivity index (χ4n) is 4.62. The Morgan fingerprint density at radius 1 is 1.13 bits per heavy atom. The third-order valence-corrected chi connectivity index (χ3v) is 6.53. The second kappa shape index (κ2) is 11.1. The van der Waals surface area contributed by atoms with Gasteiger partial charge in [-0.3, -0.25) is 14.5 Å². The van der Waals surface area contributed by atoms with E-state index in [0.29, 0.717) is 6.42 Å². The highest BCUT2D eigenvalue weighted by Crippen LogP contribution is 2.27. The summed E-state index contributed by atoms with van der Waals surface area (Å²) in [6.45, 7) is 7.17. The molecule has 2 fully saturated rings. The number of ketones is 1. The molecule has 162 valence electrons. The molecule has 1 heterocycles. The van der Waals surface area contributed by atoms with Gasteiger partial charge in [0, 0.05) is 49.9 Å². The molecule has 1 saturated heterocycles. The number of nitriles is 1. The summed E-state index contributed by atoms with van der Waals surface area (Å²) in [6, 6.07) is 10.2. The highest BCUT2D eigenvalue weighted by atomic mass is 16.1. The van der Waals surface area contributed by atoms with E-state index in [4.69, 9.17) is 5.26 Å². The van der Waals surface area contributed by atoms with Crippen molar-refractivity contribution in [3.05, 3.63) is 29.8 Å². The fraction of sp³-hybridized carbons (Fsp3) is 0.625. The number of amides is 1. The van der Waals surface area contributed by atoms with Gasteiger partial charge in [-0.2, -0.15) is 5.26 Å². The summed E-state index contributed by atoms with van der Waals surface area (Å²) >= 11 is 0. The van der Waals surface area contributed by atoms with Crippen LogP contribution in [0.1, 0.15) is 62.2 Å². The molecular weight excluding hydrogens is 376 g/mol. The molecule has 0 bridgehead atoms. The van der Waals surface area contributed by atoms with E-state index >= 15 is 0 Å². The van der Waals surface area contributed by atoms with E-state index in [9.17, 15) is 9.59 Å². The topological polar surface area (TPSA) is 76.4 Å². The minimum absolute atomic E-state index is 0.0366. The number of hydrogen-bond donors (Lipinski definition) is 1. The Kier molecular flexibility index (Phi) is 8.27. The van der Waals surface area contributed by atoms with Crippen LogP contribution in [0, 0.1) is 17.2 Å². The fourth-order valence-corrected chi connectivity index (χ4v) is 4.62. The van der Waals surface area contributed by atoms with Crippen molar-refractivity contribution in [3.63, 3.8) is 0 Å². The summed E-state index contributed by atoms with van der Waals surface area (Å²) in [4.78, 5) is 28.5. The molecule has 1 aliphatic heterocycles. The molecule has 3 rings (SSSR count). The lowest BCUT2D eigenvalue weighted by Gasteiger charge is -2.37. The summed E-state index contributed by atoms with van der Waals surface area (Å²) in [5.74, 6) is 0.808. The van der Waals surface area contributed by atoms with Gasteiger partial charge in [0.1, 0.15) is 6.42 Å². The smallest absolute Gasteiger partial charge is 0.234 e. The van der Waals surface area contributed by atoms with Gasteiger partial charge in [0.25, 0.3) is 0 Å². The summed E-state index contributed by atoms with van der Waals surface area (Å²) in [6.07, 6.45) is 6.12. The monoisotopic (exact) mass is 410 g/mol. The average Bonchev–Trinajstić information content (AvgIpc) is 2.78. The second-order valence-electron chi connectivity index (χ2n) is 8.56. The van der Waals surface area contributed by atoms with Crippen LogP contribution >= 0.6 is 0 Å². The third-order valence-electron chi connectivity index (χ3n) is 6.53. The van der Waals surface area contributed by atoms with Gasteiger partial charge in [0.2, 0.25) is 5.91 Å². The number of hydrogen-bond acceptors (Lipinski definition) is 5. The van der Waals surface area contributed by atoms with Crippen molar-refractivity contribution in [3.8, 4) is 6.07 Å². The molecule has 1 aromatic rings. The molecule has 0 spiro atoms. The summed E-state index contributed by atoms with van der Waals surface area (Å²) in [5, 5.41) is 11.6. The molecule has 2 aliphatic rings. The normalized spacial score (nSPS) is 22.3. The van der Waals surface area contributed by atoms with Gasteiger partial charge in [-0.25, -0.2) is 0 Å². The Morgan fingerprint density at radius 3 is 2.53 bits per heavy atom. The highest BCUT2D eigenvalue weighted by Gasteiger charge is 2.24. The van der Waals surface area contributed by atoms with E-state index in [0.717, 1.165) is 75.6 Å². The molecule has 6 heteroatoms. The first-order valence-electron chi connectivity index (χ1n) is 11.4. The van der Waals surface area contributed by atoms with Crippen LogP contribution in [0.2, 0.25) is 0 Å². The lowest BCUT2D eigenvalue weighted by Crippen LogP contribution is -2.47. The number of nitrogens with zero attached hydrogens (tertiary/aromatic N) is 3. The van der Waals surface area contributed by atoms with Crippen LogP contribution in [-0.4, -0.2) is 55.4 Å². The van der Waals surface area contributed by atoms with Crippen LogP contribution < -0.4 is 10.2 Å². The van der Waals surface area contributed by atoms with Gasteiger partial charge < -0.3 is 10.2 Å². The van der Waals surface area contributed by atoms with Gasteiger partial charge in [0.15, 0.2) is 5.78 Å². The predicted octanol–water partition coefficient (Wildman–Crippen LogP) is 3.38. The van der Waals surface area contributed by atoms with Crippen LogP contribution in [0.25, 0.3) is 0 Å². The first-order chi connectivity index (χ1) is 14.6. The SMILES string of the molecule is CCC(=O)c1cccc(N2CCN(CC[C@H]3CC[C@H](NC(=O)CC#N)CC3)CC2)c1. The largest absolute Gasteiger partial charge is 0.369 e. The molecule has 1 aliphatic carbocycles. The minimum atomic E-state index is -0.136. The summed E-state index contributed by atoms with van der Waals surface area (Å²) in [5.41, 5.74) is 1.97. The van der Waals surface area contributed by atoms with Crippen molar-refractivity contribution < 1.29 is 9.59 Å². The zero-order chi connectivity index (χ0) is 21.3. The zero-order valence-electron chi connectivity index (χ0n) is 18.1. The number of benzene rings is 1. The van der Waals surface area contributed by atoms with Gasteiger partial charge in [0.05, 0.1) is 6.07 Å². The molecule has 1 saturated carbocycles. The Balaban J connectivity index is 1.36. The number of anilines is 1. The first kappa shape index (κ1) is 22.3. The highest BCUT2D eigenvalue weighted by molar-refractivity contribution is 5.96. The maximum Gasteiger partial charge on any atom is 0.234 e. The van der Waals surface area contributed by atoms with Gasteiger partial charge in [-0.1, -0.05) is 19.1 Å². The quantitative estimate of drug-likeness (QED) is 0.665. The van der Waals surface area contributed by atoms with Gasteiger partial charge >= 0.3 is 0 Å². The van der Waals surface area contributed by atoms with E-state index < -0.39 is 0 Å². The first-order valence-corrected chi connectivity index (χ1v) is 11.4. The molecule has 1 amide bonds. The number of carbonyl (C=O) groups excluding carboxylic acids is 2. The van der Waals surface area contributed by atoms with E-state index in [-0.39, 0.29) is 24.2 Å². The number of rotatable bonds is 8. The molecular formula is C24H34N4O2. The van der Waals surface area contributed by atoms with Crippen molar-refractivity contribution in [1.29, 1.82) is 5.26 Å². The average molecular weight is 411 g/mol. The van der Waals surface area contributed by atoms with Crippen LogP contribution in [0.5, 0.6) is 0 Å². The van der Waals surface area contributed by atoms with E-state index in [1.165, 1.54) is 6.42 Å². The molecule has 30 heavy (non-hydrogen) atoms. The molecule has 0 atom stereocenters. The van der Waals surface area contributed by atoms with Crippen LogP contribution in [-0.2, 0) is 4.79 Å². The maximum absolute atomic E-state index is 12.0. The summed E-state index contributed by atoms with van der Waals surface area (Å²) in [7, 11) is 0. The van der Waals surface area contributed by atoms with E-state index in [2.05, 4.69) is 21.2 Å². The number of Topliss-reactive ketones (excluding diaryl/α,β-unsaturated/α-hetero) is 1. The molecule has 1 aromatic carbocycles. The Morgan fingerprint density at radius 2 is 1.87 bits per heavy atom. The lowest BCUT2D eigenvalue weighted by atomic mass is 9.84. The van der Waals surface area contributed by atoms with Crippen molar-refractivity contribution in [2.24, 2.45) is 5.92 Å². The Labute approximate surface area is 180 Å². The van der Waals surface area contributed by atoms with Gasteiger partial charge in [-0.05, 0) is 56.7 Å². The maximum atomic E-state index is 12.0. The molecule has 0 aromatic heterocycles. The number of piperazine rings is 1. The Bertz CT molecular complexity index is 757. The van der Waals surface area contributed by atoms with Crippen molar-refractivity contribution >= 4 is 17.4 Å². The zero-order valence-corrected chi connectivity index (χ0v) is 18.1. The predicted molar refractivity (Wildman–Crippen MR) is 118 cm³/mol. The molecule has 0 radical (unpaired) electrons. The van der Waals surface area contributed by atoms with Crippen LogP contribution in [0.4, 0.5) is 5.69 Å². The van der Waals surface area contributed by atoms with E-state index in [1.807, 2.05) is 31.2 Å². The second-order valence-corrected chi connectivity index (χ2v) is 8.56. The van der Waals surface area contributed by atoms with Crippen LogP contribution in [0.15, 0.2) is 24.3 Å². The summed E-state index contributed by atoms with van der Waals surface area (Å²) < 4.78 is 0.